The van der Waals surface area contributed by atoms with Gasteiger partial charge in [0.1, 0.15) is 5.82 Å². The van der Waals surface area contributed by atoms with Crippen LogP contribution in [0, 0.1) is 6.92 Å². The third-order valence-corrected chi connectivity index (χ3v) is 5.11. The van der Waals surface area contributed by atoms with Crippen molar-refractivity contribution in [3.05, 3.63) is 12.0 Å². The molecule has 7 nitrogen and oxygen atoms in total. The van der Waals surface area contributed by atoms with E-state index in [9.17, 15) is 8.42 Å². The van der Waals surface area contributed by atoms with E-state index >= 15 is 0 Å². The van der Waals surface area contributed by atoms with Crippen molar-refractivity contribution < 1.29 is 13.6 Å². The maximum Gasteiger partial charge on any atom is 0.262 e. The molecule has 1 saturated heterocycles. The predicted octanol–water partition coefficient (Wildman–Crippen LogP) is 0.826. The van der Waals surface area contributed by atoms with E-state index in [1.165, 1.54) is 4.31 Å². The molecule has 1 N–H and O–H groups in total. The minimum Gasteiger partial charge on any atom is -0.411 e. The molecule has 1 aromatic heterocycles. The summed E-state index contributed by atoms with van der Waals surface area (Å²) >= 11 is 0. The second-order valence-electron chi connectivity index (χ2n) is 4.48. The average Bonchev–Trinajstić information content (AvgIpc) is 2.81. The molecular weight excluding hydrogens is 268 g/mol. The molecule has 8 heteroatoms. The Morgan fingerprint density at radius 3 is 2.53 bits per heavy atom. The zero-order chi connectivity index (χ0) is 14.0. The number of sulfonamides is 1. The molecule has 106 valence electrons. The number of rotatable bonds is 3. The quantitative estimate of drug-likeness (QED) is 0.658. The average molecular weight is 286 g/mol. The van der Waals surface area contributed by atoms with E-state index in [2.05, 4.69) is 10.1 Å². The van der Waals surface area contributed by atoms with E-state index in [1.54, 1.807) is 17.7 Å². The number of piperidine rings is 1. The van der Waals surface area contributed by atoms with Crippen LogP contribution in [-0.4, -0.2) is 46.3 Å². The minimum absolute atomic E-state index is 0.0937. The first kappa shape index (κ1) is 14.0. The molecule has 0 amide bonds. The van der Waals surface area contributed by atoms with Crippen LogP contribution in [0.25, 0.3) is 0 Å². The van der Waals surface area contributed by atoms with Gasteiger partial charge >= 0.3 is 0 Å². The number of aryl methyl sites for hydroxylation is 2. The summed E-state index contributed by atoms with van der Waals surface area (Å²) in [5.41, 5.74) is 0.640. The zero-order valence-corrected chi connectivity index (χ0v) is 11.9. The molecule has 0 atom stereocenters. The van der Waals surface area contributed by atoms with Gasteiger partial charge in [0.2, 0.25) is 0 Å². The Morgan fingerprint density at radius 1 is 1.42 bits per heavy atom. The monoisotopic (exact) mass is 286 g/mol. The van der Waals surface area contributed by atoms with Crippen molar-refractivity contribution in [2.75, 3.05) is 13.1 Å². The van der Waals surface area contributed by atoms with Crippen molar-refractivity contribution >= 4 is 15.7 Å². The summed E-state index contributed by atoms with van der Waals surface area (Å²) in [5.74, 6) is 0.690. The van der Waals surface area contributed by atoms with Gasteiger partial charge in [0, 0.05) is 38.7 Å². The zero-order valence-electron chi connectivity index (χ0n) is 11.1. The molecular formula is C11H18N4O3S. The predicted molar refractivity (Wildman–Crippen MR) is 69.9 cm³/mol. The third kappa shape index (κ3) is 2.64. The largest absolute Gasteiger partial charge is 0.411 e. The molecule has 0 spiro atoms. The highest BCUT2D eigenvalue weighted by Crippen LogP contribution is 2.19. The topological polar surface area (TPSA) is 87.8 Å². The lowest BCUT2D eigenvalue weighted by Gasteiger charge is -2.25. The highest BCUT2D eigenvalue weighted by molar-refractivity contribution is 7.89. The van der Waals surface area contributed by atoms with Gasteiger partial charge in [-0.05, 0) is 13.8 Å². The van der Waals surface area contributed by atoms with E-state index in [1.807, 2.05) is 6.92 Å². The fourth-order valence-electron chi connectivity index (χ4n) is 2.14. The standard InChI is InChI=1S/C11H18N4O3S/c1-3-14-8-11(12-9(14)2)19(17,18)15-6-4-10(13-16)5-7-15/h8,16H,3-7H2,1-2H3. The molecule has 0 unspecified atom stereocenters. The summed E-state index contributed by atoms with van der Waals surface area (Å²) in [6, 6.07) is 0. The van der Waals surface area contributed by atoms with Gasteiger partial charge in [-0.3, -0.25) is 0 Å². The van der Waals surface area contributed by atoms with Gasteiger partial charge in [-0.2, -0.15) is 4.31 Å². The summed E-state index contributed by atoms with van der Waals surface area (Å²) in [7, 11) is -3.54. The normalized spacial score (nSPS) is 17.7. The maximum atomic E-state index is 12.4. The van der Waals surface area contributed by atoms with Crippen LogP contribution in [-0.2, 0) is 16.6 Å². The third-order valence-electron chi connectivity index (χ3n) is 3.34. The smallest absolute Gasteiger partial charge is 0.262 e. The minimum atomic E-state index is -3.54. The molecule has 2 heterocycles. The molecule has 1 aliphatic heterocycles. The summed E-state index contributed by atoms with van der Waals surface area (Å²) in [5, 5.41) is 11.9. The van der Waals surface area contributed by atoms with E-state index in [0.29, 0.717) is 44.0 Å². The molecule has 2 rings (SSSR count). The van der Waals surface area contributed by atoms with Crippen LogP contribution >= 0.6 is 0 Å². The molecule has 0 aliphatic carbocycles. The molecule has 1 aromatic rings. The van der Waals surface area contributed by atoms with Crippen molar-refractivity contribution in [1.82, 2.24) is 13.9 Å². The van der Waals surface area contributed by atoms with Gasteiger partial charge in [0.25, 0.3) is 10.0 Å². The molecule has 1 aliphatic rings. The number of nitrogens with zero attached hydrogens (tertiary/aromatic N) is 4. The van der Waals surface area contributed by atoms with Crippen LogP contribution in [0.4, 0.5) is 0 Å². The first-order chi connectivity index (χ1) is 8.98. The first-order valence-corrected chi connectivity index (χ1v) is 7.66. The SMILES string of the molecule is CCn1cc(S(=O)(=O)N2CCC(=NO)CC2)nc1C. The van der Waals surface area contributed by atoms with Crippen LogP contribution in [0.1, 0.15) is 25.6 Å². The molecule has 0 aromatic carbocycles. The Kier molecular flexibility index (Phi) is 3.91. The lowest BCUT2D eigenvalue weighted by atomic mass is 10.1. The summed E-state index contributed by atoms with van der Waals surface area (Å²) in [6.45, 7) is 5.08. The van der Waals surface area contributed by atoms with Gasteiger partial charge in [-0.25, -0.2) is 13.4 Å². The van der Waals surface area contributed by atoms with E-state index in [4.69, 9.17) is 5.21 Å². The number of aromatic nitrogens is 2. The van der Waals surface area contributed by atoms with Crippen LogP contribution in [0.5, 0.6) is 0 Å². The summed E-state index contributed by atoms with van der Waals surface area (Å²) in [4.78, 5) is 4.12. The van der Waals surface area contributed by atoms with Crippen molar-refractivity contribution in [3.8, 4) is 0 Å². The Morgan fingerprint density at radius 2 is 2.05 bits per heavy atom. The maximum absolute atomic E-state index is 12.4. The fraction of sp³-hybridized carbons (Fsp3) is 0.636. The summed E-state index contributed by atoms with van der Waals surface area (Å²) < 4.78 is 28.0. The lowest BCUT2D eigenvalue weighted by molar-refractivity contribution is 0.309. The first-order valence-electron chi connectivity index (χ1n) is 6.22. The van der Waals surface area contributed by atoms with Gasteiger partial charge in [0.15, 0.2) is 5.03 Å². The second kappa shape index (κ2) is 5.30. The van der Waals surface area contributed by atoms with Gasteiger partial charge < -0.3 is 9.77 Å². The molecule has 1 fully saturated rings. The van der Waals surface area contributed by atoms with Gasteiger partial charge in [-0.1, -0.05) is 5.16 Å². The van der Waals surface area contributed by atoms with E-state index in [0.717, 1.165) is 0 Å². The van der Waals surface area contributed by atoms with Crippen LogP contribution in [0.15, 0.2) is 16.4 Å². The Bertz CT molecular complexity index is 581. The summed E-state index contributed by atoms with van der Waals surface area (Å²) in [6.07, 6.45) is 2.49. The number of imidazole rings is 1. The lowest BCUT2D eigenvalue weighted by Crippen LogP contribution is -2.38. The Balaban J connectivity index is 2.23. The van der Waals surface area contributed by atoms with Crippen molar-refractivity contribution in [2.45, 2.75) is 38.3 Å². The number of oxime groups is 1. The highest BCUT2D eigenvalue weighted by atomic mass is 32.2. The molecule has 0 radical (unpaired) electrons. The van der Waals surface area contributed by atoms with Crippen molar-refractivity contribution in [2.24, 2.45) is 5.16 Å². The number of hydrogen-bond acceptors (Lipinski definition) is 5. The van der Waals surface area contributed by atoms with Crippen molar-refractivity contribution in [3.63, 3.8) is 0 Å². The van der Waals surface area contributed by atoms with E-state index in [-0.39, 0.29) is 5.03 Å². The second-order valence-corrected chi connectivity index (χ2v) is 6.37. The molecule has 19 heavy (non-hydrogen) atoms. The van der Waals surface area contributed by atoms with E-state index < -0.39 is 10.0 Å². The highest BCUT2D eigenvalue weighted by Gasteiger charge is 2.30. The van der Waals surface area contributed by atoms with Crippen LogP contribution in [0.3, 0.4) is 0 Å². The Hall–Kier alpha value is -1.41. The van der Waals surface area contributed by atoms with Crippen LogP contribution < -0.4 is 0 Å². The Labute approximate surface area is 112 Å². The van der Waals surface area contributed by atoms with Gasteiger partial charge in [-0.15, -0.1) is 0 Å². The number of hydrogen-bond donors (Lipinski definition) is 1. The molecule has 0 bridgehead atoms. The molecule has 0 saturated carbocycles. The van der Waals surface area contributed by atoms with Gasteiger partial charge in [0.05, 0.1) is 5.71 Å². The fourth-order valence-corrected chi connectivity index (χ4v) is 3.58. The van der Waals surface area contributed by atoms with Crippen molar-refractivity contribution in [1.29, 1.82) is 0 Å². The van der Waals surface area contributed by atoms with Crippen LogP contribution in [0.2, 0.25) is 0 Å².